The molecule has 0 spiro atoms. The standard InChI is InChI=1S/C26H43FNO5P/c1-3-4-5-6-7-8-9-10-11-12-13-14-15-16-26(22-33-34(29,30)31-2)32-21-24-17-23(20-28)18-25(27)19-24/h17-19,26H,3-16,21-22H2,1-2H3,(H,29,30)/t26-/m1/s1. The first kappa shape index (κ1) is 30.7. The zero-order chi connectivity index (χ0) is 25.1. The van der Waals surface area contributed by atoms with Gasteiger partial charge in [-0.15, -0.1) is 0 Å². The number of hydrogen-bond donors (Lipinski definition) is 1. The molecule has 2 atom stereocenters. The molecule has 0 aliphatic carbocycles. The van der Waals surface area contributed by atoms with E-state index in [1.807, 2.05) is 6.07 Å². The fourth-order valence-electron chi connectivity index (χ4n) is 3.85. The molecule has 34 heavy (non-hydrogen) atoms. The molecule has 0 heterocycles. The summed E-state index contributed by atoms with van der Waals surface area (Å²) in [6, 6.07) is 5.97. The topological polar surface area (TPSA) is 88.8 Å². The summed E-state index contributed by atoms with van der Waals surface area (Å²) in [5.74, 6) is -0.499. The van der Waals surface area contributed by atoms with Crippen LogP contribution in [0.2, 0.25) is 0 Å². The molecule has 0 saturated heterocycles. The average molecular weight is 500 g/mol. The minimum atomic E-state index is -4.10. The highest BCUT2D eigenvalue weighted by Gasteiger charge is 2.22. The second-order valence-corrected chi connectivity index (χ2v) is 10.4. The summed E-state index contributed by atoms with van der Waals surface area (Å²) in [5.41, 5.74) is 0.757. The largest absolute Gasteiger partial charge is 0.472 e. The van der Waals surface area contributed by atoms with Gasteiger partial charge in [0.2, 0.25) is 0 Å². The van der Waals surface area contributed by atoms with E-state index in [0.29, 0.717) is 12.0 Å². The third kappa shape index (κ3) is 15.6. The van der Waals surface area contributed by atoms with Crippen LogP contribution in [0.25, 0.3) is 0 Å². The van der Waals surface area contributed by atoms with Gasteiger partial charge in [-0.1, -0.05) is 90.4 Å². The molecule has 0 saturated carbocycles. The lowest BCUT2D eigenvalue weighted by atomic mass is 10.0. The quantitative estimate of drug-likeness (QED) is 0.137. The normalized spacial score (nSPS) is 14.0. The first-order valence-corrected chi connectivity index (χ1v) is 14.2. The molecule has 0 radical (unpaired) electrons. The van der Waals surface area contributed by atoms with Crippen molar-refractivity contribution < 1.29 is 27.6 Å². The highest BCUT2D eigenvalue weighted by molar-refractivity contribution is 7.47. The van der Waals surface area contributed by atoms with E-state index in [4.69, 9.17) is 14.5 Å². The van der Waals surface area contributed by atoms with Gasteiger partial charge in [0.05, 0.1) is 31.0 Å². The van der Waals surface area contributed by atoms with Crippen LogP contribution >= 0.6 is 7.82 Å². The lowest BCUT2D eigenvalue weighted by Gasteiger charge is -2.19. The summed E-state index contributed by atoms with van der Waals surface area (Å²) in [6.07, 6.45) is 16.5. The summed E-state index contributed by atoms with van der Waals surface area (Å²) < 4.78 is 40.6. The van der Waals surface area contributed by atoms with Crippen LogP contribution in [0.3, 0.4) is 0 Å². The van der Waals surface area contributed by atoms with Crippen molar-refractivity contribution in [1.29, 1.82) is 5.26 Å². The van der Waals surface area contributed by atoms with Gasteiger partial charge in [0.25, 0.3) is 0 Å². The zero-order valence-electron chi connectivity index (χ0n) is 21.0. The van der Waals surface area contributed by atoms with Crippen molar-refractivity contribution in [2.45, 2.75) is 110 Å². The van der Waals surface area contributed by atoms with Crippen LogP contribution in [0, 0.1) is 17.1 Å². The molecule has 1 N–H and O–H groups in total. The molecular formula is C26H43FNO5P. The molecule has 0 amide bonds. The maximum absolute atomic E-state index is 13.7. The summed E-state index contributed by atoms with van der Waals surface area (Å²) in [6.45, 7) is 2.23. The molecule has 1 rings (SSSR count). The molecule has 6 nitrogen and oxygen atoms in total. The van der Waals surface area contributed by atoms with Gasteiger partial charge in [0, 0.05) is 7.11 Å². The van der Waals surface area contributed by atoms with Crippen molar-refractivity contribution in [3.05, 3.63) is 35.1 Å². The highest BCUT2D eigenvalue weighted by atomic mass is 31.2. The third-order valence-electron chi connectivity index (χ3n) is 5.86. The summed E-state index contributed by atoms with van der Waals surface area (Å²) in [4.78, 5) is 9.52. The maximum atomic E-state index is 13.7. The fraction of sp³-hybridized carbons (Fsp3) is 0.731. The van der Waals surface area contributed by atoms with Gasteiger partial charge in [-0.3, -0.25) is 9.05 Å². The summed E-state index contributed by atoms with van der Waals surface area (Å²) in [7, 11) is -2.99. The molecule has 8 heteroatoms. The van der Waals surface area contributed by atoms with Crippen LogP contribution < -0.4 is 0 Å². The van der Waals surface area contributed by atoms with Crippen LogP contribution in [0.1, 0.15) is 108 Å². The number of benzene rings is 1. The van der Waals surface area contributed by atoms with E-state index in [-0.39, 0.29) is 18.8 Å². The Labute approximate surface area is 205 Å². The minimum Gasteiger partial charge on any atom is -0.371 e. The maximum Gasteiger partial charge on any atom is 0.472 e. The predicted molar refractivity (Wildman–Crippen MR) is 133 cm³/mol. The molecule has 1 unspecified atom stereocenters. The lowest BCUT2D eigenvalue weighted by molar-refractivity contribution is -0.00516. The molecule has 0 fully saturated rings. The van der Waals surface area contributed by atoms with Crippen molar-refractivity contribution in [2.75, 3.05) is 13.7 Å². The van der Waals surface area contributed by atoms with E-state index < -0.39 is 19.7 Å². The third-order valence-corrected chi connectivity index (χ3v) is 6.79. The summed E-state index contributed by atoms with van der Waals surface area (Å²) >= 11 is 0. The fourth-order valence-corrected chi connectivity index (χ4v) is 4.31. The van der Waals surface area contributed by atoms with E-state index >= 15 is 0 Å². The van der Waals surface area contributed by atoms with Gasteiger partial charge in [-0.25, -0.2) is 8.96 Å². The van der Waals surface area contributed by atoms with Crippen LogP contribution in [0.15, 0.2) is 18.2 Å². The molecule has 0 aromatic heterocycles. The van der Waals surface area contributed by atoms with Crippen molar-refractivity contribution >= 4 is 7.82 Å². The van der Waals surface area contributed by atoms with Crippen molar-refractivity contribution in [1.82, 2.24) is 0 Å². The van der Waals surface area contributed by atoms with E-state index in [2.05, 4.69) is 11.4 Å². The molecule has 0 aliphatic rings. The monoisotopic (exact) mass is 499 g/mol. The smallest absolute Gasteiger partial charge is 0.371 e. The van der Waals surface area contributed by atoms with Crippen molar-refractivity contribution in [2.24, 2.45) is 0 Å². The van der Waals surface area contributed by atoms with Gasteiger partial charge >= 0.3 is 7.82 Å². The Morgan fingerprint density at radius 3 is 2.06 bits per heavy atom. The number of hydrogen-bond acceptors (Lipinski definition) is 5. The van der Waals surface area contributed by atoms with Gasteiger partial charge < -0.3 is 9.63 Å². The number of ether oxygens (including phenoxy) is 1. The van der Waals surface area contributed by atoms with E-state index in [9.17, 15) is 13.8 Å². The number of nitriles is 1. The molecular weight excluding hydrogens is 456 g/mol. The highest BCUT2D eigenvalue weighted by Crippen LogP contribution is 2.42. The lowest BCUT2D eigenvalue weighted by Crippen LogP contribution is -2.19. The number of nitrogens with zero attached hydrogens (tertiary/aromatic N) is 1. The number of unbranched alkanes of at least 4 members (excludes halogenated alkanes) is 12. The Balaban J connectivity index is 2.29. The number of halogens is 1. The van der Waals surface area contributed by atoms with E-state index in [1.54, 1.807) is 6.07 Å². The minimum absolute atomic E-state index is 0.0849. The zero-order valence-corrected chi connectivity index (χ0v) is 21.9. The van der Waals surface area contributed by atoms with Crippen LogP contribution in [-0.4, -0.2) is 24.7 Å². The second-order valence-electron chi connectivity index (χ2n) is 8.87. The number of phosphoric ester groups is 1. The van der Waals surface area contributed by atoms with Crippen molar-refractivity contribution in [3.8, 4) is 6.07 Å². The number of phosphoric acid groups is 1. The SMILES string of the molecule is CCCCCCCCCCCCCCC[C@H](COP(=O)(O)OC)OCc1cc(F)cc(C#N)c1. The molecule has 0 bridgehead atoms. The first-order chi connectivity index (χ1) is 16.4. The molecule has 1 aromatic rings. The Hall–Kier alpha value is -1.29. The first-order valence-electron chi connectivity index (χ1n) is 12.7. The Kier molecular flexibility index (Phi) is 17.1. The van der Waals surface area contributed by atoms with E-state index in [1.165, 1.54) is 70.3 Å². The Bertz CT molecular complexity index is 755. The Morgan fingerprint density at radius 2 is 1.53 bits per heavy atom. The van der Waals surface area contributed by atoms with E-state index in [0.717, 1.165) is 32.4 Å². The van der Waals surface area contributed by atoms with Gasteiger partial charge in [0.1, 0.15) is 5.82 Å². The van der Waals surface area contributed by atoms with Crippen LogP contribution in [-0.2, 0) is 25.0 Å². The summed E-state index contributed by atoms with van der Waals surface area (Å²) in [5, 5.41) is 9.00. The average Bonchev–Trinajstić information content (AvgIpc) is 2.82. The van der Waals surface area contributed by atoms with Crippen LogP contribution in [0.4, 0.5) is 4.39 Å². The Morgan fingerprint density at radius 1 is 0.971 bits per heavy atom. The molecule has 194 valence electrons. The predicted octanol–water partition coefficient (Wildman–Crippen LogP) is 7.83. The van der Waals surface area contributed by atoms with Gasteiger partial charge in [-0.05, 0) is 30.2 Å². The molecule has 1 aromatic carbocycles. The molecule has 0 aliphatic heterocycles. The second kappa shape index (κ2) is 19.0. The number of rotatable bonds is 21. The van der Waals surface area contributed by atoms with Gasteiger partial charge in [0.15, 0.2) is 0 Å². The van der Waals surface area contributed by atoms with Crippen LogP contribution in [0.5, 0.6) is 0 Å². The van der Waals surface area contributed by atoms with Crippen molar-refractivity contribution in [3.63, 3.8) is 0 Å². The van der Waals surface area contributed by atoms with Gasteiger partial charge in [-0.2, -0.15) is 5.26 Å².